The Hall–Kier alpha value is -0.540. The molecule has 1 aliphatic carbocycles. The molecule has 0 bridgehead atoms. The van der Waals surface area contributed by atoms with Gasteiger partial charge >= 0.3 is 7.82 Å². The number of phosphoric acid groups is 1. The summed E-state index contributed by atoms with van der Waals surface area (Å²) in [6, 6.07) is 0. The lowest BCUT2D eigenvalue weighted by Gasteiger charge is -2.49. The van der Waals surface area contributed by atoms with Gasteiger partial charge in [0, 0.05) is 0 Å². The van der Waals surface area contributed by atoms with Crippen molar-refractivity contribution in [2.24, 2.45) is 0 Å². The summed E-state index contributed by atoms with van der Waals surface area (Å²) in [4.78, 5) is 10.8. The fourth-order valence-electron chi connectivity index (χ4n) is 7.97. The van der Waals surface area contributed by atoms with Crippen LogP contribution >= 0.6 is 20.5 Å². The Labute approximate surface area is 387 Å². The van der Waals surface area contributed by atoms with Gasteiger partial charge in [-0.3, -0.25) is 9.05 Å². The Kier molecular flexibility index (Phi) is 21.8. The van der Waals surface area contributed by atoms with Gasteiger partial charge in [-0.25, -0.2) is 4.57 Å². The summed E-state index contributed by atoms with van der Waals surface area (Å²) in [6.07, 6.45) is -49.9. The van der Waals surface area contributed by atoms with Crippen molar-refractivity contribution in [3.8, 4) is 0 Å². The van der Waals surface area contributed by atoms with Crippen LogP contribution in [0, 0.1) is 0 Å². The molecule has 394 valence electrons. The van der Waals surface area contributed by atoms with E-state index in [1.165, 1.54) is 0 Å². The number of thiol groups is 1. The van der Waals surface area contributed by atoms with Crippen molar-refractivity contribution in [2.45, 2.75) is 185 Å². The van der Waals surface area contributed by atoms with Gasteiger partial charge in [0.1, 0.15) is 134 Å². The molecule has 67 heavy (non-hydrogen) atoms. The van der Waals surface area contributed by atoms with Crippen LogP contribution in [0.2, 0.25) is 0 Å². The molecule has 31 heteroatoms. The van der Waals surface area contributed by atoms with Gasteiger partial charge in [0.15, 0.2) is 25.2 Å². The van der Waals surface area contributed by atoms with Gasteiger partial charge in [0.2, 0.25) is 0 Å². The minimum absolute atomic E-state index is 0.242. The highest BCUT2D eigenvalue weighted by Crippen LogP contribution is 2.49. The number of unbranched alkanes of at least 4 members (excludes halogenated alkanes) is 3. The first-order valence-corrected chi connectivity index (χ1v) is 23.6. The van der Waals surface area contributed by atoms with E-state index >= 15 is 0 Å². The normalized spacial score (nSPS) is 48.5. The van der Waals surface area contributed by atoms with E-state index in [1.54, 1.807) is 0 Å². The van der Waals surface area contributed by atoms with E-state index in [2.05, 4.69) is 12.6 Å². The van der Waals surface area contributed by atoms with Gasteiger partial charge in [0.25, 0.3) is 0 Å². The number of rotatable bonds is 21. The molecule has 0 aromatic carbocycles. The summed E-state index contributed by atoms with van der Waals surface area (Å²) in [5, 5.41) is 179. The van der Waals surface area contributed by atoms with Gasteiger partial charge in [0.05, 0.1) is 33.0 Å². The zero-order chi connectivity index (χ0) is 49.7. The van der Waals surface area contributed by atoms with Gasteiger partial charge < -0.3 is 130 Å². The summed E-state index contributed by atoms with van der Waals surface area (Å²) in [5.74, 6) is 0.587. The van der Waals surface area contributed by atoms with Crippen molar-refractivity contribution >= 4 is 20.5 Å². The van der Waals surface area contributed by atoms with Crippen LogP contribution in [-0.4, -0.2) is 290 Å². The summed E-state index contributed by atoms with van der Waals surface area (Å²) >= 11 is 4.12. The minimum atomic E-state index is -5.31. The highest BCUT2D eigenvalue weighted by molar-refractivity contribution is 7.80. The lowest BCUT2D eigenvalue weighted by atomic mass is 9.84. The summed E-state index contributed by atoms with van der Waals surface area (Å²) in [5.41, 5.74) is 0. The SMILES string of the molecule is O=P(O)(OCCCCCCS)O[C@@H]1[C@H](O[C@H]2O[C@H](CO)[C@@H](O)[C@H](O)[C@@H]2O)[C@H](O)C(O)[C@H](O)[C@H]1O[C@H]1O[C@H](CO[C@H]2O[C@H](CO[C@H]3O[C@H](CO)[C@@H](O)[C@H](O)[C@@H]3O)[C@@H](O)[C@H](O)[C@@H]2O)[C@@H](O)[C@H](O)[C@@H]1O. The average molecular weight is 1020 g/mol. The Balaban J connectivity index is 1.33. The van der Waals surface area contributed by atoms with Crippen LogP contribution < -0.4 is 0 Å². The molecule has 0 spiro atoms. The van der Waals surface area contributed by atoms with E-state index in [-0.39, 0.29) is 13.0 Å². The summed E-state index contributed by atoms with van der Waals surface area (Å²) < 4.78 is 68.0. The maximum atomic E-state index is 13.4. The number of hydrogen-bond donors (Lipinski definition) is 19. The fourth-order valence-corrected chi connectivity index (χ4v) is 9.16. The molecule has 0 amide bonds. The quantitative estimate of drug-likeness (QED) is 0.0288. The second kappa shape index (κ2) is 25.4. The van der Waals surface area contributed by atoms with Gasteiger partial charge in [-0.05, 0) is 18.6 Å². The molecule has 5 aliphatic rings. The van der Waals surface area contributed by atoms with Crippen molar-refractivity contribution in [1.82, 2.24) is 0 Å². The predicted molar refractivity (Wildman–Crippen MR) is 214 cm³/mol. The molecule has 5 rings (SSSR count). The predicted octanol–water partition coefficient (Wildman–Crippen LogP) is -9.91. The van der Waals surface area contributed by atoms with Crippen molar-refractivity contribution in [3.05, 3.63) is 0 Å². The van der Waals surface area contributed by atoms with E-state index < -0.39 is 194 Å². The third kappa shape index (κ3) is 13.6. The van der Waals surface area contributed by atoms with Gasteiger partial charge in [-0.2, -0.15) is 12.6 Å². The number of aliphatic hydroxyl groups is 17. The second-order valence-electron chi connectivity index (χ2n) is 16.8. The highest BCUT2D eigenvalue weighted by Gasteiger charge is 2.58. The van der Waals surface area contributed by atoms with E-state index in [0.29, 0.717) is 18.6 Å². The Morgan fingerprint density at radius 3 is 1.18 bits per heavy atom. The molecule has 2 unspecified atom stereocenters. The Morgan fingerprint density at radius 1 is 0.418 bits per heavy atom. The van der Waals surface area contributed by atoms with Crippen molar-refractivity contribution in [1.29, 1.82) is 0 Å². The van der Waals surface area contributed by atoms with Crippen molar-refractivity contribution in [3.63, 3.8) is 0 Å². The number of phosphoric ester groups is 1. The standard InChI is InChI=1S/C36H65O29PS/c37-7-11-15(39)19(43)26(50)33(59-11)56-9-13-17(41)21(45)27(51)34(61-13)57-10-14-18(42)22(46)29(53)36(62-14)64-31-25(49)23(47)24(48)30(63-35-28(52)20(44)16(40)12(8-38)60-35)32(31)65-66(54,55)58-5-3-1-2-4-6-67/h11-53,67H,1-10H2,(H,54,55)/t11-,12-,13-,14-,15-,16-,17-,18-,19+,20+,21+,22+,23?,24-,25+,26+,27+,28+,29+,30-,31-,32-,33+,34+,35-,36-/m1/s1. The first-order chi connectivity index (χ1) is 31.6. The summed E-state index contributed by atoms with van der Waals surface area (Å²) in [7, 11) is -5.31. The van der Waals surface area contributed by atoms with E-state index in [4.69, 9.17) is 46.9 Å². The monoisotopic (exact) mass is 1020 g/mol. The van der Waals surface area contributed by atoms with E-state index in [0.717, 1.165) is 6.42 Å². The van der Waals surface area contributed by atoms with E-state index in [9.17, 15) is 96.3 Å². The van der Waals surface area contributed by atoms with Crippen LogP contribution in [0.4, 0.5) is 0 Å². The maximum absolute atomic E-state index is 13.4. The van der Waals surface area contributed by atoms with Crippen molar-refractivity contribution in [2.75, 3.05) is 38.8 Å². The van der Waals surface area contributed by atoms with Gasteiger partial charge in [-0.1, -0.05) is 12.8 Å². The number of hydrogen-bond acceptors (Lipinski definition) is 29. The molecule has 4 heterocycles. The molecule has 5 fully saturated rings. The highest BCUT2D eigenvalue weighted by atomic mass is 32.1. The molecule has 0 aromatic rings. The average Bonchev–Trinajstić information content (AvgIpc) is 3.30. The molecule has 29 nitrogen and oxygen atoms in total. The van der Waals surface area contributed by atoms with Crippen LogP contribution in [-0.2, 0) is 51.5 Å². The first kappa shape index (κ1) is 57.4. The molecule has 1 saturated carbocycles. The molecule has 27 atom stereocenters. The minimum Gasteiger partial charge on any atom is -0.394 e. The summed E-state index contributed by atoms with van der Waals surface area (Å²) in [6.45, 7) is -3.76. The smallest absolute Gasteiger partial charge is 0.394 e. The lowest BCUT2D eigenvalue weighted by Crippen LogP contribution is -2.69. The second-order valence-corrected chi connectivity index (χ2v) is 18.6. The topological polar surface area (TPSA) is 474 Å². The first-order valence-electron chi connectivity index (χ1n) is 21.4. The molecule has 4 aliphatic heterocycles. The molecular formula is C36H65O29PS. The van der Waals surface area contributed by atoms with Crippen LogP contribution in [0.15, 0.2) is 0 Å². The third-order valence-electron chi connectivity index (χ3n) is 12.0. The maximum Gasteiger partial charge on any atom is 0.472 e. The Morgan fingerprint density at radius 2 is 0.761 bits per heavy atom. The van der Waals surface area contributed by atoms with Crippen molar-refractivity contribution < 1.29 is 143 Å². The number of ether oxygens (including phenoxy) is 8. The van der Waals surface area contributed by atoms with Crippen LogP contribution in [0.1, 0.15) is 25.7 Å². The van der Waals surface area contributed by atoms with Crippen LogP contribution in [0.3, 0.4) is 0 Å². The number of aliphatic hydroxyl groups excluding tert-OH is 17. The molecule has 4 saturated heterocycles. The largest absolute Gasteiger partial charge is 0.472 e. The lowest BCUT2D eigenvalue weighted by molar-refractivity contribution is -0.365. The fraction of sp³-hybridized carbons (Fsp3) is 1.00. The van der Waals surface area contributed by atoms with E-state index in [1.807, 2.05) is 0 Å². The molecule has 0 radical (unpaired) electrons. The third-order valence-corrected chi connectivity index (χ3v) is 13.4. The zero-order valence-corrected chi connectivity index (χ0v) is 37.3. The molecule has 0 aromatic heterocycles. The molecule has 18 N–H and O–H groups in total. The molecular weight excluding hydrogens is 959 g/mol. The van der Waals surface area contributed by atoms with Gasteiger partial charge in [-0.15, -0.1) is 0 Å². The van der Waals surface area contributed by atoms with Crippen LogP contribution in [0.5, 0.6) is 0 Å². The zero-order valence-electron chi connectivity index (χ0n) is 35.5. The van der Waals surface area contributed by atoms with Crippen LogP contribution in [0.25, 0.3) is 0 Å². The Bertz CT molecular complexity index is 1530.